The lowest BCUT2D eigenvalue weighted by Gasteiger charge is -2.26. The summed E-state index contributed by atoms with van der Waals surface area (Å²) in [5.74, 6) is -1.94. The number of carboxylic acids is 1. The molecule has 0 aliphatic heterocycles. The molecule has 1 aromatic carbocycles. The number of hydrogen-bond acceptors (Lipinski definition) is 4. The highest BCUT2D eigenvalue weighted by atomic mass is 32.2. The van der Waals surface area contributed by atoms with Crippen molar-refractivity contribution in [2.24, 2.45) is 5.92 Å². The fraction of sp³-hybridized carbons (Fsp3) is 0.500. The number of carbonyl (C=O) groups is 1. The summed E-state index contributed by atoms with van der Waals surface area (Å²) in [6.45, 7) is 2.13. The molecule has 21 heavy (non-hydrogen) atoms. The van der Waals surface area contributed by atoms with Crippen LogP contribution in [0.4, 0.5) is 10.1 Å². The number of benzene rings is 1. The van der Waals surface area contributed by atoms with Crippen LogP contribution in [-0.2, 0) is 0 Å². The van der Waals surface area contributed by atoms with Crippen molar-refractivity contribution in [1.29, 1.82) is 0 Å². The number of halogens is 1. The molecule has 1 N–H and O–H groups in total. The molecule has 0 spiro atoms. The second-order valence-electron chi connectivity index (χ2n) is 5.37. The summed E-state index contributed by atoms with van der Waals surface area (Å²) in [6, 6.07) is 1.79. The van der Waals surface area contributed by atoms with Gasteiger partial charge in [-0.15, -0.1) is 11.8 Å². The summed E-state index contributed by atoms with van der Waals surface area (Å²) in [5, 5.41) is 20.2. The molecule has 0 bridgehead atoms. The largest absolute Gasteiger partial charge is 0.478 e. The Kier molecular flexibility index (Phi) is 4.82. The zero-order valence-electron chi connectivity index (χ0n) is 11.5. The number of nitro groups is 1. The molecule has 0 radical (unpaired) electrons. The first-order valence-electron chi connectivity index (χ1n) is 6.76. The van der Waals surface area contributed by atoms with Crippen LogP contribution in [0, 0.1) is 21.8 Å². The summed E-state index contributed by atoms with van der Waals surface area (Å²) in [7, 11) is 0. The number of aromatic carboxylic acids is 1. The van der Waals surface area contributed by atoms with E-state index in [1.165, 1.54) is 11.8 Å². The average Bonchev–Trinajstić information content (AvgIpc) is 2.39. The van der Waals surface area contributed by atoms with Gasteiger partial charge in [-0.3, -0.25) is 10.1 Å². The van der Waals surface area contributed by atoms with Crippen molar-refractivity contribution in [3.8, 4) is 0 Å². The highest BCUT2D eigenvalue weighted by molar-refractivity contribution is 8.00. The molecule has 7 heteroatoms. The van der Waals surface area contributed by atoms with Gasteiger partial charge in [-0.1, -0.05) is 19.8 Å². The minimum Gasteiger partial charge on any atom is -0.478 e. The number of rotatable bonds is 4. The van der Waals surface area contributed by atoms with Gasteiger partial charge >= 0.3 is 5.97 Å². The van der Waals surface area contributed by atoms with Gasteiger partial charge in [0.05, 0.1) is 21.4 Å². The standard InChI is InChI=1S/C14H16FNO4S/c1-8-3-2-4-9(5-8)21-13-6-10(14(17)18)11(15)7-12(13)16(19)20/h6-9H,2-5H2,1H3,(H,17,18). The molecule has 0 amide bonds. The van der Waals surface area contributed by atoms with Crippen molar-refractivity contribution in [3.63, 3.8) is 0 Å². The number of nitrogens with zero attached hydrogens (tertiary/aromatic N) is 1. The third-order valence-corrected chi connectivity index (χ3v) is 5.00. The van der Waals surface area contributed by atoms with Crippen LogP contribution in [0.1, 0.15) is 43.0 Å². The first kappa shape index (κ1) is 15.8. The van der Waals surface area contributed by atoms with Crippen LogP contribution in [0.25, 0.3) is 0 Å². The summed E-state index contributed by atoms with van der Waals surface area (Å²) in [6.07, 6.45) is 4.07. The zero-order chi connectivity index (χ0) is 15.6. The van der Waals surface area contributed by atoms with E-state index in [1.807, 2.05) is 0 Å². The van der Waals surface area contributed by atoms with E-state index in [0.29, 0.717) is 12.0 Å². The summed E-state index contributed by atoms with van der Waals surface area (Å²) in [4.78, 5) is 21.6. The number of thioether (sulfide) groups is 1. The molecule has 1 aliphatic rings. The van der Waals surface area contributed by atoms with E-state index in [0.717, 1.165) is 31.7 Å². The molecule has 1 saturated carbocycles. The Morgan fingerprint density at radius 2 is 2.19 bits per heavy atom. The topological polar surface area (TPSA) is 80.4 Å². The maximum Gasteiger partial charge on any atom is 0.338 e. The molecule has 1 aromatic rings. The molecule has 2 unspecified atom stereocenters. The van der Waals surface area contributed by atoms with Crippen LogP contribution in [0.2, 0.25) is 0 Å². The van der Waals surface area contributed by atoms with Gasteiger partial charge in [-0.25, -0.2) is 9.18 Å². The van der Waals surface area contributed by atoms with Crippen LogP contribution in [0.3, 0.4) is 0 Å². The van der Waals surface area contributed by atoms with Crippen LogP contribution in [0.15, 0.2) is 17.0 Å². The van der Waals surface area contributed by atoms with Crippen LogP contribution >= 0.6 is 11.8 Å². The third kappa shape index (κ3) is 3.72. The Labute approximate surface area is 125 Å². The average molecular weight is 313 g/mol. The highest BCUT2D eigenvalue weighted by Gasteiger charge is 2.26. The van der Waals surface area contributed by atoms with Crippen LogP contribution < -0.4 is 0 Å². The Hall–Kier alpha value is -1.63. The fourth-order valence-electron chi connectivity index (χ4n) is 2.61. The zero-order valence-corrected chi connectivity index (χ0v) is 12.4. The molecule has 2 rings (SSSR count). The molecule has 5 nitrogen and oxygen atoms in total. The predicted molar refractivity (Wildman–Crippen MR) is 77.3 cm³/mol. The monoisotopic (exact) mass is 313 g/mol. The molecule has 1 fully saturated rings. The molecule has 2 atom stereocenters. The van der Waals surface area contributed by atoms with Gasteiger partial charge in [-0.2, -0.15) is 0 Å². The van der Waals surface area contributed by atoms with Gasteiger partial charge in [0.1, 0.15) is 5.82 Å². The van der Waals surface area contributed by atoms with Crippen molar-refractivity contribution in [2.45, 2.75) is 42.8 Å². The molecule has 1 aliphatic carbocycles. The van der Waals surface area contributed by atoms with Gasteiger partial charge in [-0.05, 0) is 24.8 Å². The molecule has 0 heterocycles. The first-order chi connectivity index (χ1) is 9.88. The summed E-state index contributed by atoms with van der Waals surface area (Å²) in [5.41, 5.74) is -0.882. The molecule has 0 aromatic heterocycles. The maximum atomic E-state index is 13.6. The highest BCUT2D eigenvalue weighted by Crippen LogP contribution is 2.40. The lowest BCUT2D eigenvalue weighted by Crippen LogP contribution is -2.15. The second-order valence-corrected chi connectivity index (χ2v) is 6.72. The Morgan fingerprint density at radius 3 is 2.76 bits per heavy atom. The number of hydrogen-bond donors (Lipinski definition) is 1. The molecular formula is C14H16FNO4S. The molecular weight excluding hydrogens is 297 g/mol. The van der Waals surface area contributed by atoms with Crippen molar-refractivity contribution in [1.82, 2.24) is 0 Å². The van der Waals surface area contributed by atoms with E-state index in [9.17, 15) is 19.3 Å². The summed E-state index contributed by atoms with van der Waals surface area (Å²) < 4.78 is 13.6. The smallest absolute Gasteiger partial charge is 0.338 e. The van der Waals surface area contributed by atoms with E-state index < -0.39 is 22.3 Å². The number of carboxylic acid groups (broad SMARTS) is 1. The van der Waals surface area contributed by atoms with Crippen LogP contribution in [-0.4, -0.2) is 21.2 Å². The molecule has 114 valence electrons. The first-order valence-corrected chi connectivity index (χ1v) is 7.64. The van der Waals surface area contributed by atoms with Crippen molar-refractivity contribution >= 4 is 23.4 Å². The van der Waals surface area contributed by atoms with E-state index in [4.69, 9.17) is 5.11 Å². The van der Waals surface area contributed by atoms with E-state index >= 15 is 0 Å². The van der Waals surface area contributed by atoms with Gasteiger partial charge in [0.15, 0.2) is 0 Å². The molecule has 0 saturated heterocycles. The third-order valence-electron chi connectivity index (χ3n) is 3.66. The Morgan fingerprint density at radius 1 is 1.48 bits per heavy atom. The van der Waals surface area contributed by atoms with Gasteiger partial charge in [0.2, 0.25) is 0 Å². The Balaban J connectivity index is 2.33. The van der Waals surface area contributed by atoms with E-state index in [-0.39, 0.29) is 15.8 Å². The van der Waals surface area contributed by atoms with Gasteiger partial charge in [0.25, 0.3) is 5.69 Å². The number of nitro benzene ring substituents is 1. The minimum absolute atomic E-state index is 0.208. The van der Waals surface area contributed by atoms with Gasteiger partial charge in [0, 0.05) is 5.25 Å². The lowest BCUT2D eigenvalue weighted by molar-refractivity contribution is -0.387. The van der Waals surface area contributed by atoms with Crippen molar-refractivity contribution in [3.05, 3.63) is 33.6 Å². The Bertz CT molecular complexity index is 578. The minimum atomic E-state index is -1.42. The fourth-order valence-corrected chi connectivity index (χ4v) is 4.12. The van der Waals surface area contributed by atoms with E-state index in [2.05, 4.69) is 6.92 Å². The normalized spacial score (nSPS) is 22.0. The summed E-state index contributed by atoms with van der Waals surface area (Å²) >= 11 is 1.29. The van der Waals surface area contributed by atoms with Crippen molar-refractivity contribution in [2.75, 3.05) is 0 Å². The maximum absolute atomic E-state index is 13.6. The quantitative estimate of drug-likeness (QED) is 0.668. The van der Waals surface area contributed by atoms with Gasteiger partial charge < -0.3 is 5.11 Å². The van der Waals surface area contributed by atoms with Crippen LogP contribution in [0.5, 0.6) is 0 Å². The van der Waals surface area contributed by atoms with Crippen molar-refractivity contribution < 1.29 is 19.2 Å². The SMILES string of the molecule is CC1CCCC(Sc2cc(C(=O)O)c(F)cc2[N+](=O)[O-])C1. The van der Waals surface area contributed by atoms with E-state index in [1.54, 1.807) is 0 Å². The predicted octanol–water partition coefficient (Wildman–Crippen LogP) is 4.10. The second kappa shape index (κ2) is 6.43. The lowest BCUT2D eigenvalue weighted by atomic mass is 9.91.